The van der Waals surface area contributed by atoms with Gasteiger partial charge in [0, 0.05) is 5.02 Å². The number of hydrogen-bond donors (Lipinski definition) is 3. The van der Waals surface area contributed by atoms with Gasteiger partial charge in [0.2, 0.25) is 5.96 Å². The number of nitrogens with two attached hydrogens (primary N) is 2. The fourth-order valence-electron chi connectivity index (χ4n) is 0.877. The highest BCUT2D eigenvalue weighted by Crippen LogP contribution is 2.19. The molecule has 0 atom stereocenters. The van der Waals surface area contributed by atoms with Gasteiger partial charge in [0.1, 0.15) is 0 Å². The second-order valence-corrected chi connectivity index (χ2v) is 3.04. The summed E-state index contributed by atoms with van der Waals surface area (Å²) in [4.78, 5) is 0. The molecule has 0 spiro atoms. The molecule has 0 bridgehead atoms. The molecule has 1 aromatic carbocycles. The Bertz CT molecular complexity index is 331. The summed E-state index contributed by atoms with van der Waals surface area (Å²) >= 11 is 5.77. The van der Waals surface area contributed by atoms with Crippen LogP contribution in [0, 0.1) is 6.92 Å². The van der Waals surface area contributed by atoms with Gasteiger partial charge in [0.25, 0.3) is 0 Å². The Morgan fingerprint density at radius 2 is 2.15 bits per heavy atom. The van der Waals surface area contributed by atoms with Crippen molar-refractivity contribution in [3.63, 3.8) is 0 Å². The number of nitrogens with one attached hydrogen (secondary N) is 1. The molecule has 0 radical (unpaired) electrons. The van der Waals surface area contributed by atoms with Crippen LogP contribution < -0.4 is 16.9 Å². The van der Waals surface area contributed by atoms with Gasteiger partial charge >= 0.3 is 0 Å². The number of guanidine groups is 1. The molecular formula is C8H11ClN4. The van der Waals surface area contributed by atoms with E-state index in [-0.39, 0.29) is 5.96 Å². The number of nitrogens with zero attached hydrogens (tertiary/aromatic N) is 1. The number of aryl methyl sites for hydroxylation is 1. The first-order valence-electron chi connectivity index (χ1n) is 3.70. The molecule has 0 saturated carbocycles. The van der Waals surface area contributed by atoms with Crippen molar-refractivity contribution < 1.29 is 0 Å². The molecule has 13 heavy (non-hydrogen) atoms. The lowest BCUT2D eigenvalue weighted by atomic mass is 10.2. The first-order chi connectivity index (χ1) is 6.09. The van der Waals surface area contributed by atoms with E-state index in [2.05, 4.69) is 10.5 Å². The highest BCUT2D eigenvalue weighted by Gasteiger charge is 1.96. The Labute approximate surface area is 81.6 Å². The van der Waals surface area contributed by atoms with Crippen LogP contribution in [-0.4, -0.2) is 5.96 Å². The minimum Gasteiger partial charge on any atom is -0.369 e. The van der Waals surface area contributed by atoms with Crippen LogP contribution in [0.25, 0.3) is 0 Å². The van der Waals surface area contributed by atoms with Crippen molar-refractivity contribution in [1.29, 1.82) is 0 Å². The van der Waals surface area contributed by atoms with Gasteiger partial charge < -0.3 is 11.5 Å². The monoisotopic (exact) mass is 198 g/mol. The van der Waals surface area contributed by atoms with Gasteiger partial charge in [0.15, 0.2) is 0 Å². The van der Waals surface area contributed by atoms with Crippen LogP contribution in [0.3, 0.4) is 0 Å². The Morgan fingerprint density at radius 3 is 2.69 bits per heavy atom. The summed E-state index contributed by atoms with van der Waals surface area (Å²) in [5, 5.41) is 4.35. The summed E-state index contributed by atoms with van der Waals surface area (Å²) in [6.45, 7) is 1.91. The molecule has 0 aromatic heterocycles. The molecule has 0 fully saturated rings. The maximum absolute atomic E-state index is 5.77. The highest BCUT2D eigenvalue weighted by molar-refractivity contribution is 6.30. The molecule has 1 aromatic rings. The molecular weight excluding hydrogens is 188 g/mol. The van der Waals surface area contributed by atoms with Crippen molar-refractivity contribution in [3.05, 3.63) is 28.8 Å². The van der Waals surface area contributed by atoms with Crippen molar-refractivity contribution in [2.24, 2.45) is 16.6 Å². The predicted octanol–water partition coefficient (Wildman–Crippen LogP) is 1.25. The zero-order valence-corrected chi connectivity index (χ0v) is 7.97. The fourth-order valence-corrected chi connectivity index (χ4v) is 1.10. The van der Waals surface area contributed by atoms with E-state index in [1.807, 2.05) is 19.1 Å². The molecule has 0 aliphatic carbocycles. The van der Waals surface area contributed by atoms with Crippen molar-refractivity contribution in [2.45, 2.75) is 6.92 Å². The van der Waals surface area contributed by atoms with Crippen LogP contribution in [0.4, 0.5) is 5.69 Å². The van der Waals surface area contributed by atoms with Gasteiger partial charge in [0.05, 0.1) is 5.69 Å². The van der Waals surface area contributed by atoms with Crippen LogP contribution in [-0.2, 0) is 0 Å². The zero-order chi connectivity index (χ0) is 9.84. The largest absolute Gasteiger partial charge is 0.369 e. The van der Waals surface area contributed by atoms with E-state index >= 15 is 0 Å². The highest BCUT2D eigenvalue weighted by atomic mass is 35.5. The predicted molar refractivity (Wildman–Crippen MR) is 55.6 cm³/mol. The lowest BCUT2D eigenvalue weighted by molar-refractivity contribution is 1.27. The number of hydrogen-bond acceptors (Lipinski definition) is 2. The molecule has 0 saturated heterocycles. The van der Waals surface area contributed by atoms with E-state index < -0.39 is 0 Å². The van der Waals surface area contributed by atoms with Crippen LogP contribution in [0.1, 0.15) is 5.56 Å². The third kappa shape index (κ3) is 2.83. The molecule has 5 heteroatoms. The molecule has 70 valence electrons. The van der Waals surface area contributed by atoms with E-state index in [4.69, 9.17) is 23.1 Å². The number of rotatable bonds is 2. The van der Waals surface area contributed by atoms with E-state index in [9.17, 15) is 0 Å². The number of benzene rings is 1. The first kappa shape index (κ1) is 9.67. The fraction of sp³-hybridized carbons (Fsp3) is 0.125. The summed E-state index contributed by atoms with van der Waals surface area (Å²) in [6.07, 6.45) is 0. The van der Waals surface area contributed by atoms with Crippen LogP contribution in [0.15, 0.2) is 23.3 Å². The number of anilines is 1. The van der Waals surface area contributed by atoms with Crippen LogP contribution in [0.5, 0.6) is 0 Å². The third-order valence-electron chi connectivity index (χ3n) is 1.49. The van der Waals surface area contributed by atoms with E-state index in [1.54, 1.807) is 6.07 Å². The van der Waals surface area contributed by atoms with Gasteiger partial charge in [-0.25, -0.2) is 0 Å². The Kier molecular flexibility index (Phi) is 2.97. The molecule has 5 N–H and O–H groups in total. The lowest BCUT2D eigenvalue weighted by Gasteiger charge is -2.04. The Balaban J connectivity index is 2.84. The molecule has 1 rings (SSSR count). The molecule has 0 aliphatic heterocycles. The van der Waals surface area contributed by atoms with E-state index in [0.29, 0.717) is 5.02 Å². The average Bonchev–Trinajstić information content (AvgIpc) is 2.02. The van der Waals surface area contributed by atoms with Gasteiger partial charge in [-0.2, -0.15) is 0 Å². The zero-order valence-electron chi connectivity index (χ0n) is 7.21. The summed E-state index contributed by atoms with van der Waals surface area (Å²) in [5.74, 6) is -0.00523. The van der Waals surface area contributed by atoms with Gasteiger partial charge in [-0.05, 0) is 30.7 Å². The SMILES string of the molecule is Cc1cc(Cl)ccc1NN=C(N)N. The molecule has 0 aliphatic rings. The van der Waals surface area contributed by atoms with Crippen LogP contribution in [0.2, 0.25) is 5.02 Å². The lowest BCUT2D eigenvalue weighted by Crippen LogP contribution is -2.24. The third-order valence-corrected chi connectivity index (χ3v) is 1.73. The summed E-state index contributed by atoms with van der Waals surface area (Å²) in [7, 11) is 0. The minimum absolute atomic E-state index is 0.00523. The maximum atomic E-state index is 5.77. The molecule has 4 nitrogen and oxygen atoms in total. The van der Waals surface area contributed by atoms with Crippen molar-refractivity contribution in [3.8, 4) is 0 Å². The van der Waals surface area contributed by atoms with Gasteiger partial charge in [-0.15, -0.1) is 5.10 Å². The molecule has 0 heterocycles. The maximum Gasteiger partial charge on any atom is 0.208 e. The smallest absolute Gasteiger partial charge is 0.208 e. The average molecular weight is 199 g/mol. The second kappa shape index (κ2) is 4.00. The summed E-state index contributed by atoms with van der Waals surface area (Å²) < 4.78 is 0. The topological polar surface area (TPSA) is 76.4 Å². The van der Waals surface area contributed by atoms with Crippen molar-refractivity contribution in [1.82, 2.24) is 0 Å². The number of hydrazone groups is 1. The normalized spacial score (nSPS) is 9.38. The standard InChI is InChI=1S/C8H11ClN4/c1-5-4-6(9)2-3-7(5)12-13-8(10)11/h2-4,12H,1H3,(H4,10,11,13). The first-order valence-corrected chi connectivity index (χ1v) is 4.08. The Morgan fingerprint density at radius 1 is 1.46 bits per heavy atom. The van der Waals surface area contributed by atoms with Gasteiger partial charge in [-0.1, -0.05) is 11.6 Å². The summed E-state index contributed by atoms with van der Waals surface area (Å²) in [6, 6.07) is 5.40. The van der Waals surface area contributed by atoms with E-state index in [0.717, 1.165) is 11.3 Å². The molecule has 0 amide bonds. The van der Waals surface area contributed by atoms with Crippen molar-refractivity contribution >= 4 is 23.2 Å². The van der Waals surface area contributed by atoms with E-state index in [1.165, 1.54) is 0 Å². The quantitative estimate of drug-likeness (QED) is 0.380. The minimum atomic E-state index is -0.00523. The van der Waals surface area contributed by atoms with Crippen LogP contribution >= 0.6 is 11.6 Å². The second-order valence-electron chi connectivity index (χ2n) is 2.61. The van der Waals surface area contributed by atoms with Crippen molar-refractivity contribution in [2.75, 3.05) is 5.43 Å². The molecule has 0 unspecified atom stereocenters. The number of halogens is 1. The Hall–Kier alpha value is -1.42. The van der Waals surface area contributed by atoms with Gasteiger partial charge in [-0.3, -0.25) is 5.43 Å². The summed E-state index contributed by atoms with van der Waals surface area (Å²) in [5.41, 5.74) is 14.9.